The van der Waals surface area contributed by atoms with E-state index >= 15 is 0 Å². The Hall–Kier alpha value is -4.26. The number of ether oxygens (including phenoxy) is 2. The summed E-state index contributed by atoms with van der Waals surface area (Å²) < 4.78 is 58.0. The number of alkyl halides is 3. The van der Waals surface area contributed by atoms with Crippen molar-refractivity contribution < 1.29 is 27.1 Å². The van der Waals surface area contributed by atoms with Gasteiger partial charge in [-0.15, -0.1) is 0 Å². The molecule has 0 unspecified atom stereocenters. The fraction of sp³-hybridized carbons (Fsp3) is 0.107. The van der Waals surface area contributed by atoms with Gasteiger partial charge in [-0.3, -0.25) is 4.79 Å². The molecule has 0 aliphatic heterocycles. The van der Waals surface area contributed by atoms with E-state index in [9.17, 15) is 18.0 Å². The number of fused-ring (bicyclic) bond motifs is 2. The van der Waals surface area contributed by atoms with Gasteiger partial charge in [0.1, 0.15) is 23.7 Å². The van der Waals surface area contributed by atoms with Gasteiger partial charge in [0, 0.05) is 6.07 Å². The summed E-state index contributed by atoms with van der Waals surface area (Å²) in [6.07, 6.45) is -4.95. The highest BCUT2D eigenvalue weighted by Gasteiger charge is 2.40. The molecule has 1 heterocycles. The molecule has 0 atom stereocenters. The average molecular weight is 476 g/mol. The molecule has 0 N–H and O–H groups in total. The van der Waals surface area contributed by atoms with E-state index in [0.29, 0.717) is 0 Å². The third kappa shape index (κ3) is 4.71. The summed E-state index contributed by atoms with van der Waals surface area (Å²) in [5.41, 5.74) is 0.804. The van der Waals surface area contributed by atoms with Crippen LogP contribution >= 0.6 is 0 Å². The third-order valence-electron chi connectivity index (χ3n) is 5.51. The van der Waals surface area contributed by atoms with Crippen molar-refractivity contribution in [1.82, 2.24) is 0 Å². The Morgan fingerprint density at radius 1 is 0.829 bits per heavy atom. The molecule has 176 valence electrons. The highest BCUT2D eigenvalue weighted by molar-refractivity contribution is 5.84. The Morgan fingerprint density at radius 2 is 1.60 bits per heavy atom. The first-order chi connectivity index (χ1) is 16.8. The van der Waals surface area contributed by atoms with Crippen molar-refractivity contribution in [2.75, 3.05) is 0 Å². The molecule has 0 bridgehead atoms. The van der Waals surface area contributed by atoms with E-state index in [1.165, 1.54) is 24.3 Å². The molecule has 4 aromatic carbocycles. The van der Waals surface area contributed by atoms with E-state index in [2.05, 4.69) is 0 Å². The topological polar surface area (TPSA) is 48.7 Å². The van der Waals surface area contributed by atoms with Crippen LogP contribution in [0.3, 0.4) is 0 Å². The van der Waals surface area contributed by atoms with Crippen LogP contribution < -0.4 is 14.9 Å². The molecule has 1 aromatic heterocycles. The molecule has 0 saturated carbocycles. The van der Waals surface area contributed by atoms with Crippen molar-refractivity contribution in [3.05, 3.63) is 112 Å². The van der Waals surface area contributed by atoms with Gasteiger partial charge < -0.3 is 13.9 Å². The molecule has 4 nitrogen and oxygen atoms in total. The van der Waals surface area contributed by atoms with Crippen LogP contribution in [0, 0.1) is 6.92 Å². The lowest BCUT2D eigenvalue weighted by molar-refractivity contribution is -0.154. The van der Waals surface area contributed by atoms with Crippen molar-refractivity contribution in [1.29, 1.82) is 0 Å². The fourth-order valence-electron chi connectivity index (χ4n) is 3.84. The molecule has 5 rings (SSSR count). The number of aryl methyl sites for hydroxylation is 1. The lowest BCUT2D eigenvalue weighted by Gasteiger charge is -2.14. The molecule has 7 heteroatoms. The molecule has 0 radical (unpaired) electrons. The van der Waals surface area contributed by atoms with Gasteiger partial charge in [0.15, 0.2) is 0 Å². The van der Waals surface area contributed by atoms with Crippen molar-refractivity contribution in [2.45, 2.75) is 19.7 Å². The van der Waals surface area contributed by atoms with E-state index in [1.54, 1.807) is 24.3 Å². The summed E-state index contributed by atoms with van der Waals surface area (Å²) in [7, 11) is 0. The Bertz CT molecular complexity index is 1600. The quantitative estimate of drug-likeness (QED) is 0.261. The summed E-state index contributed by atoms with van der Waals surface area (Å²) >= 11 is 0. The van der Waals surface area contributed by atoms with E-state index in [0.717, 1.165) is 21.9 Å². The molecular weight excluding hydrogens is 457 g/mol. The SMILES string of the molecule is Cc1cccc(COc2ccc3c(=O)c(Oc4ccc5ccccc5c4)c(C(F)(F)F)oc3c2)c1. The standard InChI is InChI=1S/C28H19F3O4/c1-17-5-4-6-18(13-17)16-33-21-11-12-23-24(15-21)35-27(28(29,30)31)26(25(23)32)34-22-10-9-19-7-2-3-8-20(19)14-22/h2-15H,16H2,1H3. The first-order valence-corrected chi connectivity index (χ1v) is 10.8. The van der Waals surface area contributed by atoms with Crippen LogP contribution in [0.1, 0.15) is 16.9 Å². The van der Waals surface area contributed by atoms with E-state index in [1.807, 2.05) is 43.3 Å². The lowest BCUT2D eigenvalue weighted by Crippen LogP contribution is -2.15. The minimum Gasteiger partial charge on any atom is -0.489 e. The fourth-order valence-corrected chi connectivity index (χ4v) is 3.84. The first-order valence-electron chi connectivity index (χ1n) is 10.8. The lowest BCUT2D eigenvalue weighted by atomic mass is 10.1. The first kappa shape index (κ1) is 22.5. The zero-order chi connectivity index (χ0) is 24.6. The normalized spacial score (nSPS) is 11.7. The summed E-state index contributed by atoms with van der Waals surface area (Å²) in [6, 6.07) is 23.9. The molecule has 5 aromatic rings. The molecule has 0 spiro atoms. The van der Waals surface area contributed by atoms with Crippen LogP contribution in [0.5, 0.6) is 17.2 Å². The van der Waals surface area contributed by atoms with E-state index in [-0.39, 0.29) is 29.1 Å². The van der Waals surface area contributed by atoms with Gasteiger partial charge >= 0.3 is 6.18 Å². The number of hydrogen-bond donors (Lipinski definition) is 0. The summed E-state index contributed by atoms with van der Waals surface area (Å²) in [6.45, 7) is 2.16. The Kier molecular flexibility index (Phi) is 5.68. The van der Waals surface area contributed by atoms with Crippen LogP contribution in [0.2, 0.25) is 0 Å². The molecule has 0 fully saturated rings. The van der Waals surface area contributed by atoms with Gasteiger partial charge in [-0.1, -0.05) is 60.2 Å². The predicted octanol–water partition coefficient (Wildman–Crippen LogP) is 7.64. The van der Waals surface area contributed by atoms with Crippen molar-refractivity contribution in [3.63, 3.8) is 0 Å². The Balaban J connectivity index is 1.52. The molecule has 0 aliphatic carbocycles. The second-order valence-corrected chi connectivity index (χ2v) is 8.13. The Labute approximate surface area is 198 Å². The van der Waals surface area contributed by atoms with Gasteiger partial charge in [0.2, 0.25) is 11.2 Å². The molecule has 0 amide bonds. The van der Waals surface area contributed by atoms with Crippen molar-refractivity contribution in [3.8, 4) is 17.2 Å². The van der Waals surface area contributed by atoms with Crippen LogP contribution in [-0.2, 0) is 12.8 Å². The minimum absolute atomic E-state index is 0.0447. The molecule has 35 heavy (non-hydrogen) atoms. The molecule has 0 aliphatic rings. The number of hydrogen-bond acceptors (Lipinski definition) is 4. The molecule has 0 saturated heterocycles. The number of benzene rings is 4. The maximum Gasteiger partial charge on any atom is 0.453 e. The second-order valence-electron chi connectivity index (χ2n) is 8.13. The van der Waals surface area contributed by atoms with Gasteiger partial charge in [0.05, 0.1) is 5.39 Å². The largest absolute Gasteiger partial charge is 0.489 e. The average Bonchev–Trinajstić information content (AvgIpc) is 2.83. The van der Waals surface area contributed by atoms with Crippen LogP contribution in [0.4, 0.5) is 13.2 Å². The summed E-state index contributed by atoms with van der Waals surface area (Å²) in [4.78, 5) is 13.1. The predicted molar refractivity (Wildman–Crippen MR) is 127 cm³/mol. The zero-order valence-corrected chi connectivity index (χ0v) is 18.6. The number of rotatable bonds is 5. The summed E-state index contributed by atoms with van der Waals surface area (Å²) in [5.74, 6) is -2.04. The highest BCUT2D eigenvalue weighted by atomic mass is 19.4. The van der Waals surface area contributed by atoms with Gasteiger partial charge in [0.25, 0.3) is 5.76 Å². The highest BCUT2D eigenvalue weighted by Crippen LogP contribution is 2.39. The van der Waals surface area contributed by atoms with Gasteiger partial charge in [-0.2, -0.15) is 13.2 Å². The maximum atomic E-state index is 13.9. The van der Waals surface area contributed by atoms with Gasteiger partial charge in [-0.05, 0) is 47.5 Å². The third-order valence-corrected chi connectivity index (χ3v) is 5.51. The molecular formula is C28H19F3O4. The van der Waals surface area contributed by atoms with Crippen LogP contribution in [0.25, 0.3) is 21.7 Å². The van der Waals surface area contributed by atoms with E-state index in [4.69, 9.17) is 13.9 Å². The van der Waals surface area contributed by atoms with Crippen LogP contribution in [-0.4, -0.2) is 0 Å². The zero-order valence-electron chi connectivity index (χ0n) is 18.6. The smallest absolute Gasteiger partial charge is 0.453 e. The van der Waals surface area contributed by atoms with Gasteiger partial charge in [-0.25, -0.2) is 0 Å². The van der Waals surface area contributed by atoms with E-state index < -0.39 is 23.1 Å². The van der Waals surface area contributed by atoms with Crippen LogP contribution in [0.15, 0.2) is 94.1 Å². The minimum atomic E-state index is -4.95. The number of halogens is 3. The Morgan fingerprint density at radius 3 is 2.37 bits per heavy atom. The second kappa shape index (κ2) is 8.83. The summed E-state index contributed by atoms with van der Waals surface area (Å²) in [5, 5.41) is 1.61. The monoisotopic (exact) mass is 476 g/mol. The maximum absolute atomic E-state index is 13.9. The van der Waals surface area contributed by atoms with Crippen molar-refractivity contribution in [2.24, 2.45) is 0 Å². The van der Waals surface area contributed by atoms with Crippen molar-refractivity contribution >= 4 is 21.7 Å².